The van der Waals surface area contributed by atoms with E-state index in [2.05, 4.69) is 53.6 Å². The van der Waals surface area contributed by atoms with Gasteiger partial charge in [-0.3, -0.25) is 4.99 Å². The lowest BCUT2D eigenvalue weighted by Gasteiger charge is -2.39. The Balaban J connectivity index is 2.02. The highest BCUT2D eigenvalue weighted by Gasteiger charge is 2.40. The number of benzene rings is 1. The molecule has 1 fully saturated rings. The maximum absolute atomic E-state index is 12.2. The molecule has 25 heavy (non-hydrogen) atoms. The number of rotatable bonds is 4. The molecule has 0 aliphatic carbocycles. The fourth-order valence-corrected chi connectivity index (χ4v) is 4.41. The van der Waals surface area contributed by atoms with Crippen LogP contribution in [0.15, 0.2) is 29.3 Å². The van der Waals surface area contributed by atoms with Crippen LogP contribution in [0.2, 0.25) is 0 Å². The first-order chi connectivity index (χ1) is 11.6. The Morgan fingerprint density at radius 2 is 2.00 bits per heavy atom. The van der Waals surface area contributed by atoms with Gasteiger partial charge in [0.2, 0.25) is 0 Å². The summed E-state index contributed by atoms with van der Waals surface area (Å²) in [5.74, 6) is 0.917. The minimum atomic E-state index is -3.05. The Morgan fingerprint density at radius 1 is 1.32 bits per heavy atom. The highest BCUT2D eigenvalue weighted by atomic mass is 32.2. The van der Waals surface area contributed by atoms with E-state index in [1.54, 1.807) is 20.9 Å². The van der Waals surface area contributed by atoms with Crippen LogP contribution < -0.4 is 5.32 Å². The van der Waals surface area contributed by atoms with Crippen molar-refractivity contribution in [2.24, 2.45) is 4.99 Å². The second-order valence-electron chi connectivity index (χ2n) is 7.46. The molecular formula is C18H30N4O2S. The fraction of sp³-hybridized carbons (Fsp3) is 0.611. The second-order valence-corrected chi connectivity index (χ2v) is 10.2. The number of nitrogens with zero attached hydrogens (tertiary/aromatic N) is 3. The van der Waals surface area contributed by atoms with Crippen molar-refractivity contribution in [3.8, 4) is 0 Å². The van der Waals surface area contributed by atoms with E-state index in [9.17, 15) is 8.42 Å². The van der Waals surface area contributed by atoms with E-state index in [1.807, 2.05) is 4.90 Å². The molecule has 0 aromatic heterocycles. The summed E-state index contributed by atoms with van der Waals surface area (Å²) in [6.45, 7) is 6.07. The third-order valence-electron chi connectivity index (χ3n) is 4.50. The van der Waals surface area contributed by atoms with Gasteiger partial charge >= 0.3 is 0 Å². The summed E-state index contributed by atoms with van der Waals surface area (Å²) in [4.78, 5) is 8.51. The predicted molar refractivity (Wildman–Crippen MR) is 103 cm³/mol. The van der Waals surface area contributed by atoms with Crippen LogP contribution in [-0.2, 0) is 22.9 Å². The van der Waals surface area contributed by atoms with Crippen molar-refractivity contribution >= 4 is 15.8 Å². The lowest BCUT2D eigenvalue weighted by Crippen LogP contribution is -2.57. The second kappa shape index (κ2) is 7.74. The molecule has 0 radical (unpaired) electrons. The van der Waals surface area contributed by atoms with Crippen molar-refractivity contribution in [3.63, 3.8) is 0 Å². The molecule has 1 saturated heterocycles. The molecule has 1 aromatic carbocycles. The van der Waals surface area contributed by atoms with Crippen LogP contribution in [0.25, 0.3) is 0 Å². The lowest BCUT2D eigenvalue weighted by atomic mass is 10.1. The van der Waals surface area contributed by atoms with Crippen LogP contribution in [0.3, 0.4) is 0 Å². The van der Waals surface area contributed by atoms with Gasteiger partial charge in [-0.25, -0.2) is 8.42 Å². The van der Waals surface area contributed by atoms with Crippen LogP contribution in [0.1, 0.15) is 25.0 Å². The van der Waals surface area contributed by atoms with Gasteiger partial charge in [0.1, 0.15) is 0 Å². The van der Waals surface area contributed by atoms with E-state index >= 15 is 0 Å². The monoisotopic (exact) mass is 366 g/mol. The van der Waals surface area contributed by atoms with Crippen molar-refractivity contribution in [2.75, 3.05) is 40.0 Å². The molecule has 2 rings (SSSR count). The Hall–Kier alpha value is -1.60. The van der Waals surface area contributed by atoms with Gasteiger partial charge in [-0.15, -0.1) is 0 Å². The highest BCUT2D eigenvalue weighted by molar-refractivity contribution is 7.92. The Kier molecular flexibility index (Phi) is 6.11. The van der Waals surface area contributed by atoms with Gasteiger partial charge in [-0.05, 0) is 39.1 Å². The Morgan fingerprint density at radius 3 is 2.60 bits per heavy atom. The quantitative estimate of drug-likeness (QED) is 0.643. The van der Waals surface area contributed by atoms with E-state index in [-0.39, 0.29) is 5.75 Å². The third kappa shape index (κ3) is 4.95. The highest BCUT2D eigenvalue weighted by Crippen LogP contribution is 2.23. The zero-order valence-corrected chi connectivity index (χ0v) is 16.7. The third-order valence-corrected chi connectivity index (χ3v) is 7.03. The summed E-state index contributed by atoms with van der Waals surface area (Å²) in [5, 5.41) is 3.37. The molecule has 0 amide bonds. The molecule has 0 atom stereocenters. The van der Waals surface area contributed by atoms with Crippen molar-refractivity contribution in [1.82, 2.24) is 15.1 Å². The number of sulfone groups is 1. The summed E-state index contributed by atoms with van der Waals surface area (Å²) in [6.07, 6.45) is 0. The van der Waals surface area contributed by atoms with Gasteiger partial charge < -0.3 is 15.1 Å². The minimum Gasteiger partial charge on any atom is -0.352 e. The van der Waals surface area contributed by atoms with Crippen LogP contribution >= 0.6 is 0 Å². The summed E-state index contributed by atoms with van der Waals surface area (Å²) in [5.41, 5.74) is 2.45. The summed E-state index contributed by atoms with van der Waals surface area (Å²) in [7, 11) is 2.80. The molecule has 0 bridgehead atoms. The van der Waals surface area contributed by atoms with Crippen molar-refractivity contribution < 1.29 is 8.42 Å². The first-order valence-corrected chi connectivity index (χ1v) is 10.2. The molecule has 0 spiro atoms. The van der Waals surface area contributed by atoms with E-state index in [0.717, 1.165) is 12.5 Å². The van der Waals surface area contributed by atoms with E-state index < -0.39 is 14.6 Å². The average Bonchev–Trinajstić information content (AvgIpc) is 2.51. The van der Waals surface area contributed by atoms with Crippen LogP contribution in [0.5, 0.6) is 0 Å². The Labute approximate surface area is 151 Å². The number of guanidine groups is 1. The molecule has 1 aliphatic rings. The molecule has 0 saturated carbocycles. The van der Waals surface area contributed by atoms with Crippen LogP contribution in [-0.4, -0.2) is 68.9 Å². The molecule has 7 heteroatoms. The molecule has 1 aromatic rings. The van der Waals surface area contributed by atoms with Crippen molar-refractivity contribution in [1.29, 1.82) is 0 Å². The summed E-state index contributed by atoms with van der Waals surface area (Å²) >= 11 is 0. The van der Waals surface area contributed by atoms with Gasteiger partial charge in [0, 0.05) is 33.2 Å². The smallest absolute Gasteiger partial charge is 0.193 e. The fourth-order valence-electron chi connectivity index (χ4n) is 3.04. The largest absolute Gasteiger partial charge is 0.352 e. The molecular weight excluding hydrogens is 336 g/mol. The van der Waals surface area contributed by atoms with Gasteiger partial charge in [0.25, 0.3) is 0 Å². The van der Waals surface area contributed by atoms with Crippen molar-refractivity contribution in [2.45, 2.75) is 31.7 Å². The van der Waals surface area contributed by atoms with Crippen LogP contribution in [0.4, 0.5) is 0 Å². The molecule has 6 nitrogen and oxygen atoms in total. The molecule has 0 unspecified atom stereocenters. The Bertz CT molecular complexity index is 726. The number of hydrogen-bond donors (Lipinski definition) is 1. The molecule has 1 heterocycles. The lowest BCUT2D eigenvalue weighted by molar-refractivity contribution is 0.353. The molecule has 1 N–H and O–H groups in total. The normalized spacial score (nSPS) is 19.9. The maximum atomic E-state index is 12.2. The van der Waals surface area contributed by atoms with Crippen molar-refractivity contribution in [3.05, 3.63) is 35.4 Å². The molecule has 1 aliphatic heterocycles. The van der Waals surface area contributed by atoms with E-state index in [4.69, 9.17) is 0 Å². The number of aliphatic imine (C=N–C) groups is 1. The average molecular weight is 367 g/mol. The summed E-state index contributed by atoms with van der Waals surface area (Å²) in [6, 6.07) is 8.46. The van der Waals surface area contributed by atoms with E-state index in [1.165, 1.54) is 11.1 Å². The maximum Gasteiger partial charge on any atom is 0.193 e. The summed E-state index contributed by atoms with van der Waals surface area (Å²) < 4.78 is 23.6. The van der Waals surface area contributed by atoms with Gasteiger partial charge in [-0.1, -0.05) is 24.3 Å². The molecule has 140 valence electrons. The minimum absolute atomic E-state index is 0.166. The van der Waals surface area contributed by atoms with Gasteiger partial charge in [0.15, 0.2) is 15.8 Å². The predicted octanol–water partition coefficient (Wildman–Crippen LogP) is 1.33. The van der Waals surface area contributed by atoms with E-state index in [0.29, 0.717) is 19.6 Å². The van der Waals surface area contributed by atoms with Gasteiger partial charge in [-0.2, -0.15) is 0 Å². The first-order valence-electron chi connectivity index (χ1n) is 8.55. The topological polar surface area (TPSA) is 65.0 Å². The standard InChI is InChI=1S/C18H30N4O2S/c1-18(2)14-22(9-10-25(18,23)24)17(19-3)20-12-15-7-6-8-16(11-15)13-21(4)5/h6-8,11H,9-10,12-14H2,1-5H3,(H,19,20). The van der Waals surface area contributed by atoms with Gasteiger partial charge in [0.05, 0.1) is 10.5 Å². The van der Waals surface area contributed by atoms with Crippen LogP contribution in [0, 0.1) is 0 Å². The zero-order chi connectivity index (χ0) is 18.7. The number of hydrogen-bond acceptors (Lipinski definition) is 4. The SMILES string of the molecule is CN=C(NCc1cccc(CN(C)C)c1)N1CCS(=O)(=O)C(C)(C)C1. The number of nitrogens with one attached hydrogen (secondary N) is 1. The first kappa shape index (κ1) is 19.7. The zero-order valence-electron chi connectivity index (χ0n) is 15.9.